The molecular weight excluding hydrogens is 791 g/mol. The number of rotatable bonds is 38. The summed E-state index contributed by atoms with van der Waals surface area (Å²) in [4.78, 5) is 40.3. The Balaban J connectivity index is 1.16. The van der Waals surface area contributed by atoms with Crippen molar-refractivity contribution in [2.75, 3.05) is 11.9 Å². The lowest BCUT2D eigenvalue weighted by molar-refractivity contribution is -0.149. The number of anilines is 2. The Morgan fingerprint density at radius 1 is 0.500 bits per heavy atom. The van der Waals surface area contributed by atoms with Gasteiger partial charge in [0.1, 0.15) is 5.75 Å². The van der Waals surface area contributed by atoms with Gasteiger partial charge in [-0.05, 0) is 42.7 Å². The van der Waals surface area contributed by atoms with Gasteiger partial charge in [0.15, 0.2) is 11.6 Å². The molecule has 354 valence electrons. The van der Waals surface area contributed by atoms with Gasteiger partial charge in [0, 0.05) is 23.2 Å². The van der Waals surface area contributed by atoms with Gasteiger partial charge in [-0.25, -0.2) is 0 Å². The van der Waals surface area contributed by atoms with Crippen LogP contribution in [0.2, 0.25) is 0 Å². The molecule has 0 bridgehead atoms. The van der Waals surface area contributed by atoms with Crippen molar-refractivity contribution in [1.82, 2.24) is 0 Å². The number of ketones is 2. The lowest BCUT2D eigenvalue weighted by Gasteiger charge is -2.21. The van der Waals surface area contributed by atoms with E-state index >= 15 is 0 Å². The average molecular weight is 878 g/mol. The van der Waals surface area contributed by atoms with E-state index in [1.807, 2.05) is 24.3 Å². The molecule has 3 aromatic carbocycles. The molecule has 1 unspecified atom stereocenters. The summed E-state index contributed by atoms with van der Waals surface area (Å²) < 4.78 is 5.96. The Bertz CT molecular complexity index is 1750. The van der Waals surface area contributed by atoms with Gasteiger partial charge in [0.25, 0.3) is 0 Å². The maximum Gasteiger partial charge on any atom is 0.308 e. The first-order valence-electron chi connectivity index (χ1n) is 26.5. The smallest absolute Gasteiger partial charge is 0.308 e. The molecule has 0 aromatic heterocycles. The number of esters is 1. The molecule has 1 aliphatic carbocycles. The molecule has 2 N–H and O–H groups in total. The second kappa shape index (κ2) is 32.7. The third-order valence-electron chi connectivity index (χ3n) is 13.6. The lowest BCUT2D eigenvalue weighted by Crippen LogP contribution is -2.22. The van der Waals surface area contributed by atoms with Crippen LogP contribution in [-0.2, 0) is 16.0 Å². The van der Waals surface area contributed by atoms with E-state index in [1.54, 1.807) is 30.3 Å². The molecule has 6 heteroatoms. The number of ether oxygens (including phenoxy) is 1. The third kappa shape index (κ3) is 19.7. The van der Waals surface area contributed by atoms with Crippen LogP contribution in [0.5, 0.6) is 5.75 Å². The van der Waals surface area contributed by atoms with E-state index in [9.17, 15) is 19.5 Å². The molecule has 3 aromatic rings. The first-order valence-corrected chi connectivity index (χ1v) is 26.5. The van der Waals surface area contributed by atoms with Gasteiger partial charge in [-0.15, -0.1) is 0 Å². The normalized spacial score (nSPS) is 12.6. The molecule has 1 aliphatic rings. The zero-order valence-corrected chi connectivity index (χ0v) is 40.5. The van der Waals surface area contributed by atoms with Gasteiger partial charge in [-0.3, -0.25) is 14.4 Å². The molecule has 0 saturated carbocycles. The summed E-state index contributed by atoms with van der Waals surface area (Å²) in [5.41, 5.74) is 3.13. The maximum atomic E-state index is 13.5. The number of hydrogen-bond acceptors (Lipinski definition) is 6. The van der Waals surface area contributed by atoms with Crippen molar-refractivity contribution in [3.8, 4) is 5.75 Å². The number of aromatic hydroxyl groups is 1. The van der Waals surface area contributed by atoms with Crippen LogP contribution < -0.4 is 5.32 Å². The molecule has 0 spiro atoms. The molecule has 0 amide bonds. The SMILES string of the molecule is CCCCCCCCCCCCCCCCCCC(CCCCCCCCCCCCCCCC)C(=O)OCCc1ccc(Nc2ccc(O)c3c2C(=O)c2ccccc2C3=O)cc1. The van der Waals surface area contributed by atoms with Crippen molar-refractivity contribution in [1.29, 1.82) is 0 Å². The molecule has 0 heterocycles. The highest BCUT2D eigenvalue weighted by molar-refractivity contribution is 6.31. The van der Waals surface area contributed by atoms with Crippen molar-refractivity contribution >= 4 is 28.9 Å². The molecule has 0 saturated heterocycles. The first-order chi connectivity index (χ1) is 31.4. The van der Waals surface area contributed by atoms with E-state index in [0.717, 1.165) is 36.9 Å². The van der Waals surface area contributed by atoms with Crippen molar-refractivity contribution < 1.29 is 24.2 Å². The van der Waals surface area contributed by atoms with Gasteiger partial charge in [0.05, 0.1) is 29.3 Å². The molecule has 6 nitrogen and oxygen atoms in total. The fourth-order valence-corrected chi connectivity index (χ4v) is 9.51. The number of phenols is 1. The number of carbonyl (C=O) groups excluding carboxylic acids is 3. The van der Waals surface area contributed by atoms with Gasteiger partial charge < -0.3 is 15.2 Å². The monoisotopic (exact) mass is 878 g/mol. The second-order valence-corrected chi connectivity index (χ2v) is 19.0. The Kier molecular flexibility index (Phi) is 26.9. The Morgan fingerprint density at radius 3 is 1.31 bits per heavy atom. The highest BCUT2D eigenvalue weighted by atomic mass is 16.5. The topological polar surface area (TPSA) is 92.7 Å². The Hall–Kier alpha value is -3.93. The van der Waals surface area contributed by atoms with E-state index in [-0.39, 0.29) is 40.3 Å². The van der Waals surface area contributed by atoms with E-state index in [0.29, 0.717) is 29.8 Å². The van der Waals surface area contributed by atoms with Crippen LogP contribution in [0.3, 0.4) is 0 Å². The number of phenolic OH excluding ortho intramolecular Hbond substituents is 1. The molecule has 0 aliphatic heterocycles. The van der Waals surface area contributed by atoms with Crippen LogP contribution in [0.4, 0.5) is 11.4 Å². The van der Waals surface area contributed by atoms with E-state index in [1.165, 1.54) is 186 Å². The second-order valence-electron chi connectivity index (χ2n) is 19.0. The number of hydrogen-bond donors (Lipinski definition) is 2. The van der Waals surface area contributed by atoms with Crippen LogP contribution >= 0.6 is 0 Å². The number of benzene rings is 3. The zero-order valence-electron chi connectivity index (χ0n) is 40.5. The predicted molar refractivity (Wildman–Crippen MR) is 268 cm³/mol. The van der Waals surface area contributed by atoms with Gasteiger partial charge in [0.2, 0.25) is 0 Å². The summed E-state index contributed by atoms with van der Waals surface area (Å²) in [6.07, 6.45) is 42.7. The standard InChI is InChI=1S/C58H87NO5/c1-3-5-7-9-11-13-15-17-19-20-22-24-26-28-30-32-36-48(35-31-29-27-25-23-21-18-16-14-12-10-8-6-4-2)58(63)64-46-45-47-39-41-49(42-40-47)59-52-43-44-53(60)55-54(52)56(61)50-37-33-34-38-51(50)57(55)62/h33-34,37-44,48,59-60H,3-32,35-36,45-46H2,1-2H3. The summed E-state index contributed by atoms with van der Waals surface area (Å²) in [5, 5.41) is 13.9. The van der Waals surface area contributed by atoms with E-state index < -0.39 is 0 Å². The number of carbonyl (C=O) groups is 3. The van der Waals surface area contributed by atoms with Crippen molar-refractivity contribution in [3.05, 3.63) is 88.5 Å². The summed E-state index contributed by atoms with van der Waals surface area (Å²) in [6, 6.07) is 17.7. The van der Waals surface area contributed by atoms with E-state index in [2.05, 4.69) is 19.2 Å². The predicted octanol–water partition coefficient (Wildman–Crippen LogP) is 17.1. The number of unbranched alkanes of at least 4 members (excludes halogenated alkanes) is 28. The van der Waals surface area contributed by atoms with Crippen LogP contribution in [-0.4, -0.2) is 29.2 Å². The summed E-state index contributed by atoms with van der Waals surface area (Å²) >= 11 is 0. The molecular formula is C58H87NO5. The fraction of sp³-hybridized carbons (Fsp3) is 0.638. The Labute approximate surface area is 389 Å². The van der Waals surface area contributed by atoms with Gasteiger partial charge in [-0.2, -0.15) is 0 Å². The maximum absolute atomic E-state index is 13.5. The third-order valence-corrected chi connectivity index (χ3v) is 13.6. The highest BCUT2D eigenvalue weighted by Gasteiger charge is 2.34. The Morgan fingerprint density at radius 2 is 0.891 bits per heavy atom. The van der Waals surface area contributed by atoms with Crippen LogP contribution in [0, 0.1) is 5.92 Å². The largest absolute Gasteiger partial charge is 0.507 e. The van der Waals surface area contributed by atoms with Crippen molar-refractivity contribution in [2.24, 2.45) is 5.92 Å². The lowest BCUT2D eigenvalue weighted by atomic mass is 9.82. The molecule has 64 heavy (non-hydrogen) atoms. The molecule has 0 fully saturated rings. The first kappa shape index (κ1) is 52.7. The molecule has 4 rings (SSSR count). The minimum absolute atomic E-state index is 0.0201. The fourth-order valence-electron chi connectivity index (χ4n) is 9.51. The van der Waals surface area contributed by atoms with Gasteiger partial charge in [-0.1, -0.05) is 243 Å². The zero-order chi connectivity index (χ0) is 45.5. The number of nitrogens with one attached hydrogen (secondary N) is 1. The van der Waals surface area contributed by atoms with Crippen LogP contribution in [0.15, 0.2) is 60.7 Å². The summed E-state index contributed by atoms with van der Waals surface area (Å²) in [7, 11) is 0. The highest BCUT2D eigenvalue weighted by Crippen LogP contribution is 2.38. The van der Waals surface area contributed by atoms with Gasteiger partial charge >= 0.3 is 5.97 Å². The average Bonchev–Trinajstić information content (AvgIpc) is 3.31. The minimum atomic E-state index is -0.358. The molecule has 0 radical (unpaired) electrons. The van der Waals surface area contributed by atoms with Crippen molar-refractivity contribution in [2.45, 2.75) is 226 Å². The van der Waals surface area contributed by atoms with Crippen LogP contribution in [0.1, 0.15) is 257 Å². The minimum Gasteiger partial charge on any atom is -0.507 e. The quantitative estimate of drug-likeness (QED) is 0.0265. The number of fused-ring (bicyclic) bond motifs is 2. The summed E-state index contributed by atoms with van der Waals surface area (Å²) in [5.74, 6) is -0.909. The van der Waals surface area contributed by atoms with Crippen molar-refractivity contribution in [3.63, 3.8) is 0 Å². The molecule has 1 atom stereocenters. The van der Waals surface area contributed by atoms with E-state index in [4.69, 9.17) is 4.74 Å². The van der Waals surface area contributed by atoms with Crippen LogP contribution in [0.25, 0.3) is 0 Å². The summed E-state index contributed by atoms with van der Waals surface area (Å²) in [6.45, 7) is 4.92.